The minimum Gasteiger partial charge on any atom is -0.383 e. The molecule has 2 heterocycles. The van der Waals surface area contributed by atoms with Gasteiger partial charge >= 0.3 is 0 Å². The van der Waals surface area contributed by atoms with Crippen molar-refractivity contribution in [2.75, 3.05) is 5.73 Å². The summed E-state index contributed by atoms with van der Waals surface area (Å²) in [5.74, 6) is 0.266. The van der Waals surface area contributed by atoms with Gasteiger partial charge in [0.05, 0.1) is 5.69 Å². The number of nitrogens with zero attached hydrogens (tertiary/aromatic N) is 2. The van der Waals surface area contributed by atoms with E-state index < -0.39 is 0 Å². The van der Waals surface area contributed by atoms with Crippen molar-refractivity contribution in [1.29, 1.82) is 0 Å². The Morgan fingerprint density at radius 1 is 1.38 bits per heavy atom. The fraction of sp³-hybridized carbons (Fsp3) is 0.417. The molecule has 0 bridgehead atoms. The molecule has 0 radical (unpaired) electrons. The van der Waals surface area contributed by atoms with Crippen LogP contribution in [0.2, 0.25) is 0 Å². The molecule has 0 fully saturated rings. The summed E-state index contributed by atoms with van der Waals surface area (Å²) in [6.45, 7) is 2.16. The molecule has 0 aliphatic heterocycles. The predicted octanol–water partition coefficient (Wildman–Crippen LogP) is 2.79. The van der Waals surface area contributed by atoms with Crippen molar-refractivity contribution in [2.45, 2.75) is 32.6 Å². The first-order chi connectivity index (χ1) is 7.72. The van der Waals surface area contributed by atoms with Crippen molar-refractivity contribution in [1.82, 2.24) is 9.38 Å². The average Bonchev–Trinajstić information content (AvgIpc) is 2.57. The van der Waals surface area contributed by atoms with Gasteiger partial charge in [0, 0.05) is 6.20 Å². The topological polar surface area (TPSA) is 43.3 Å². The lowest BCUT2D eigenvalue weighted by molar-refractivity contribution is 0.619. The second-order valence-electron chi connectivity index (χ2n) is 3.98. The van der Waals surface area contributed by atoms with Crippen molar-refractivity contribution in [3.63, 3.8) is 0 Å². The first kappa shape index (κ1) is 10.9. The molecule has 3 nitrogen and oxygen atoms in total. The molecule has 0 aliphatic rings. The highest BCUT2D eigenvalue weighted by molar-refractivity contribution is 5.52. The second-order valence-corrected chi connectivity index (χ2v) is 3.98. The summed E-state index contributed by atoms with van der Waals surface area (Å²) in [5.41, 5.74) is 7.51. The molecule has 0 spiro atoms. The highest BCUT2D eigenvalue weighted by atomic mass is 19.1. The van der Waals surface area contributed by atoms with Crippen LogP contribution in [0.3, 0.4) is 0 Å². The van der Waals surface area contributed by atoms with Gasteiger partial charge in [-0.1, -0.05) is 19.8 Å². The Bertz CT molecular complexity index is 490. The molecule has 0 amide bonds. The van der Waals surface area contributed by atoms with E-state index >= 15 is 0 Å². The number of halogens is 1. The first-order valence-corrected chi connectivity index (χ1v) is 5.64. The Balaban J connectivity index is 2.29. The van der Waals surface area contributed by atoms with Crippen LogP contribution in [0.25, 0.3) is 5.65 Å². The molecular weight excluding hydrogens is 205 g/mol. The molecule has 2 aromatic rings. The van der Waals surface area contributed by atoms with Gasteiger partial charge in [-0.25, -0.2) is 9.37 Å². The summed E-state index contributed by atoms with van der Waals surface area (Å²) in [7, 11) is 0. The van der Waals surface area contributed by atoms with E-state index in [1.807, 2.05) is 0 Å². The monoisotopic (exact) mass is 221 g/mol. The van der Waals surface area contributed by atoms with Gasteiger partial charge in [0.2, 0.25) is 0 Å². The number of imidazole rings is 1. The molecule has 0 saturated carbocycles. The lowest BCUT2D eigenvalue weighted by Gasteiger charge is -1.98. The highest BCUT2D eigenvalue weighted by Crippen LogP contribution is 2.17. The molecule has 2 aromatic heterocycles. The standard InChI is InChI=1S/C12H16FN3/c1-2-3-4-5-10-12(14)16-8-9(13)6-7-11(16)15-10/h6-8H,2-5,14H2,1H3. The number of rotatable bonds is 4. The Morgan fingerprint density at radius 2 is 2.19 bits per heavy atom. The summed E-state index contributed by atoms with van der Waals surface area (Å²) in [6.07, 6.45) is 5.65. The maximum absolute atomic E-state index is 13.0. The van der Waals surface area contributed by atoms with Gasteiger partial charge in [0.15, 0.2) is 0 Å². The van der Waals surface area contributed by atoms with Gasteiger partial charge in [0.1, 0.15) is 17.3 Å². The number of fused-ring (bicyclic) bond motifs is 1. The quantitative estimate of drug-likeness (QED) is 0.807. The van der Waals surface area contributed by atoms with Crippen LogP contribution >= 0.6 is 0 Å². The number of nitrogens with two attached hydrogens (primary N) is 1. The zero-order valence-electron chi connectivity index (χ0n) is 9.41. The minimum atomic E-state index is -0.295. The van der Waals surface area contributed by atoms with Crippen LogP contribution in [-0.4, -0.2) is 9.38 Å². The van der Waals surface area contributed by atoms with Crippen molar-refractivity contribution in [3.05, 3.63) is 29.8 Å². The predicted molar refractivity (Wildman–Crippen MR) is 62.8 cm³/mol. The maximum atomic E-state index is 13.0. The second kappa shape index (κ2) is 4.51. The first-order valence-electron chi connectivity index (χ1n) is 5.64. The van der Waals surface area contributed by atoms with Crippen LogP contribution in [-0.2, 0) is 6.42 Å². The molecule has 0 atom stereocenters. The molecular formula is C12H16FN3. The summed E-state index contributed by atoms with van der Waals surface area (Å²) in [6, 6.07) is 3.05. The summed E-state index contributed by atoms with van der Waals surface area (Å²) >= 11 is 0. The highest BCUT2D eigenvalue weighted by Gasteiger charge is 2.08. The third-order valence-corrected chi connectivity index (χ3v) is 2.71. The van der Waals surface area contributed by atoms with Crippen molar-refractivity contribution in [3.8, 4) is 0 Å². The van der Waals surface area contributed by atoms with E-state index in [4.69, 9.17) is 5.73 Å². The number of anilines is 1. The number of aromatic nitrogens is 2. The fourth-order valence-corrected chi connectivity index (χ4v) is 1.81. The molecule has 0 saturated heterocycles. The Labute approximate surface area is 94.1 Å². The van der Waals surface area contributed by atoms with Gasteiger partial charge < -0.3 is 5.73 Å². The molecule has 2 rings (SSSR count). The Kier molecular flexibility index (Phi) is 3.08. The van der Waals surface area contributed by atoms with Crippen LogP contribution in [0.4, 0.5) is 10.2 Å². The van der Waals surface area contributed by atoms with Crippen LogP contribution < -0.4 is 5.73 Å². The van der Waals surface area contributed by atoms with E-state index in [1.54, 1.807) is 10.5 Å². The maximum Gasteiger partial charge on any atom is 0.140 e. The zero-order chi connectivity index (χ0) is 11.5. The van der Waals surface area contributed by atoms with E-state index in [2.05, 4.69) is 11.9 Å². The van der Waals surface area contributed by atoms with E-state index in [0.717, 1.165) is 18.5 Å². The van der Waals surface area contributed by atoms with Crippen LogP contribution in [0.1, 0.15) is 31.9 Å². The summed E-state index contributed by atoms with van der Waals surface area (Å²) in [4.78, 5) is 4.40. The van der Waals surface area contributed by atoms with Gasteiger partial charge in [-0.05, 0) is 25.0 Å². The third kappa shape index (κ3) is 2.01. The van der Waals surface area contributed by atoms with Crippen molar-refractivity contribution in [2.24, 2.45) is 0 Å². The van der Waals surface area contributed by atoms with Crippen molar-refractivity contribution >= 4 is 11.5 Å². The van der Waals surface area contributed by atoms with Gasteiger partial charge in [-0.15, -0.1) is 0 Å². The van der Waals surface area contributed by atoms with Gasteiger partial charge in [0.25, 0.3) is 0 Å². The van der Waals surface area contributed by atoms with Crippen LogP contribution in [0.15, 0.2) is 18.3 Å². The largest absolute Gasteiger partial charge is 0.383 e. The molecule has 0 aromatic carbocycles. The number of hydrogen-bond acceptors (Lipinski definition) is 2. The van der Waals surface area contributed by atoms with Gasteiger partial charge in [-0.2, -0.15) is 0 Å². The SMILES string of the molecule is CCCCCc1nc2ccc(F)cn2c1N. The number of pyridine rings is 1. The van der Waals surface area contributed by atoms with E-state index in [-0.39, 0.29) is 5.82 Å². The zero-order valence-corrected chi connectivity index (χ0v) is 9.41. The molecule has 16 heavy (non-hydrogen) atoms. The lowest BCUT2D eigenvalue weighted by Crippen LogP contribution is -1.97. The number of nitrogen functional groups attached to an aromatic ring is 1. The Morgan fingerprint density at radius 3 is 2.94 bits per heavy atom. The number of aryl methyl sites for hydroxylation is 1. The summed E-state index contributed by atoms with van der Waals surface area (Å²) < 4.78 is 14.6. The number of unbranched alkanes of at least 4 members (excludes halogenated alkanes) is 2. The normalized spacial score (nSPS) is 11.1. The van der Waals surface area contributed by atoms with Gasteiger partial charge in [-0.3, -0.25) is 4.40 Å². The minimum absolute atomic E-state index is 0.295. The molecule has 0 aliphatic carbocycles. The smallest absolute Gasteiger partial charge is 0.140 e. The molecule has 86 valence electrons. The van der Waals surface area contributed by atoms with Crippen LogP contribution in [0, 0.1) is 5.82 Å². The van der Waals surface area contributed by atoms with E-state index in [1.165, 1.54) is 25.1 Å². The molecule has 2 N–H and O–H groups in total. The van der Waals surface area contributed by atoms with Crippen molar-refractivity contribution < 1.29 is 4.39 Å². The van der Waals surface area contributed by atoms with E-state index in [9.17, 15) is 4.39 Å². The Hall–Kier alpha value is -1.58. The fourth-order valence-electron chi connectivity index (χ4n) is 1.81. The van der Waals surface area contributed by atoms with Crippen LogP contribution in [0.5, 0.6) is 0 Å². The summed E-state index contributed by atoms with van der Waals surface area (Å²) in [5, 5.41) is 0. The average molecular weight is 221 g/mol. The molecule has 4 heteroatoms. The number of hydrogen-bond donors (Lipinski definition) is 1. The lowest BCUT2D eigenvalue weighted by atomic mass is 10.1. The van der Waals surface area contributed by atoms with E-state index in [0.29, 0.717) is 11.5 Å². The third-order valence-electron chi connectivity index (χ3n) is 2.71. The molecule has 0 unspecified atom stereocenters.